The molecular weight excluding hydrogens is 334 g/mol. The van der Waals surface area contributed by atoms with Crippen molar-refractivity contribution in [2.45, 2.75) is 20.8 Å². The van der Waals surface area contributed by atoms with Crippen LogP contribution in [-0.2, 0) is 0 Å². The van der Waals surface area contributed by atoms with E-state index in [1.807, 2.05) is 75.2 Å². The molecule has 0 spiro atoms. The van der Waals surface area contributed by atoms with Gasteiger partial charge in [-0.25, -0.2) is 4.98 Å². The molecule has 0 unspecified atom stereocenters. The molecule has 1 amide bonds. The molecule has 27 heavy (non-hydrogen) atoms. The largest absolute Gasteiger partial charge is 0.329 e. The highest BCUT2D eigenvalue weighted by Gasteiger charge is 2.18. The van der Waals surface area contributed by atoms with Gasteiger partial charge in [-0.2, -0.15) is 0 Å². The van der Waals surface area contributed by atoms with Crippen molar-refractivity contribution >= 4 is 23.1 Å². The summed E-state index contributed by atoms with van der Waals surface area (Å²) in [7, 11) is 1.97. The Balaban J connectivity index is 1.85. The summed E-state index contributed by atoms with van der Waals surface area (Å²) in [5, 5.41) is 0. The van der Waals surface area contributed by atoms with E-state index in [9.17, 15) is 4.79 Å². The first kappa shape index (κ1) is 18.6. The number of carbonyl (C=O) groups is 1. The third-order valence-corrected chi connectivity index (χ3v) is 4.70. The molecule has 3 aromatic rings. The lowest BCUT2D eigenvalue weighted by Crippen LogP contribution is -2.31. The molecule has 0 radical (unpaired) electrons. The zero-order valence-electron chi connectivity index (χ0n) is 16.3. The maximum absolute atomic E-state index is 13.1. The van der Waals surface area contributed by atoms with Gasteiger partial charge in [0, 0.05) is 31.2 Å². The lowest BCUT2D eigenvalue weighted by Gasteiger charge is -2.24. The number of pyridine rings is 1. The quantitative estimate of drug-likeness (QED) is 0.633. The molecule has 0 atom stereocenters. The first-order valence-corrected chi connectivity index (χ1v) is 9.15. The van der Waals surface area contributed by atoms with Crippen LogP contribution in [0.3, 0.4) is 0 Å². The van der Waals surface area contributed by atoms with Crippen LogP contribution in [0.5, 0.6) is 0 Å². The molecule has 1 heterocycles. The van der Waals surface area contributed by atoms with Crippen LogP contribution in [0.25, 0.3) is 0 Å². The summed E-state index contributed by atoms with van der Waals surface area (Å²) in [5.74, 6) is 0.764. The van der Waals surface area contributed by atoms with Gasteiger partial charge in [-0.3, -0.25) is 4.79 Å². The Morgan fingerprint density at radius 2 is 1.74 bits per heavy atom. The monoisotopic (exact) mass is 359 g/mol. The number of aryl methyl sites for hydroxylation is 2. The highest BCUT2D eigenvalue weighted by atomic mass is 16.2. The van der Waals surface area contributed by atoms with Crippen molar-refractivity contribution in [1.82, 2.24) is 4.98 Å². The van der Waals surface area contributed by atoms with Crippen LogP contribution in [0.15, 0.2) is 66.9 Å². The van der Waals surface area contributed by atoms with Crippen LogP contribution >= 0.6 is 0 Å². The standard InChI is InChI=1S/C23H25N3O/c1-5-26(21-15-17(2)11-12-18(21)3)23(27)19-13-14-22(24-16-19)25(4)20-9-7-6-8-10-20/h6-16H,5H2,1-4H3. The van der Waals surface area contributed by atoms with E-state index in [1.165, 1.54) is 0 Å². The molecule has 0 fully saturated rings. The molecule has 4 nitrogen and oxygen atoms in total. The molecule has 4 heteroatoms. The second-order valence-electron chi connectivity index (χ2n) is 6.64. The number of rotatable bonds is 5. The van der Waals surface area contributed by atoms with Gasteiger partial charge in [-0.15, -0.1) is 0 Å². The summed E-state index contributed by atoms with van der Waals surface area (Å²) >= 11 is 0. The van der Waals surface area contributed by atoms with Crippen LogP contribution in [-0.4, -0.2) is 24.5 Å². The molecule has 0 saturated heterocycles. The maximum atomic E-state index is 13.1. The first-order chi connectivity index (χ1) is 13.0. The Kier molecular flexibility index (Phi) is 5.55. The molecule has 0 N–H and O–H groups in total. The maximum Gasteiger partial charge on any atom is 0.259 e. The highest BCUT2D eigenvalue weighted by molar-refractivity contribution is 6.06. The van der Waals surface area contributed by atoms with Crippen molar-refractivity contribution in [1.29, 1.82) is 0 Å². The Hall–Kier alpha value is -3.14. The molecule has 1 aromatic heterocycles. The molecule has 0 aliphatic heterocycles. The predicted octanol–water partition coefficient (Wildman–Crippen LogP) is 5.13. The Morgan fingerprint density at radius 3 is 2.37 bits per heavy atom. The van der Waals surface area contributed by atoms with E-state index in [-0.39, 0.29) is 5.91 Å². The summed E-state index contributed by atoms with van der Waals surface area (Å²) in [5.41, 5.74) is 4.81. The minimum absolute atomic E-state index is 0.0346. The van der Waals surface area contributed by atoms with E-state index in [0.717, 1.165) is 28.3 Å². The van der Waals surface area contributed by atoms with Gasteiger partial charge in [0.2, 0.25) is 0 Å². The number of aromatic nitrogens is 1. The zero-order chi connectivity index (χ0) is 19.4. The number of nitrogens with zero attached hydrogens (tertiary/aromatic N) is 3. The Labute approximate surface area is 161 Å². The van der Waals surface area contributed by atoms with E-state index >= 15 is 0 Å². The second-order valence-corrected chi connectivity index (χ2v) is 6.64. The van der Waals surface area contributed by atoms with Gasteiger partial charge < -0.3 is 9.80 Å². The van der Waals surface area contributed by atoms with Crippen LogP contribution in [0.1, 0.15) is 28.4 Å². The van der Waals surface area contributed by atoms with Crippen molar-refractivity contribution in [2.24, 2.45) is 0 Å². The second kappa shape index (κ2) is 8.04. The zero-order valence-corrected chi connectivity index (χ0v) is 16.3. The van der Waals surface area contributed by atoms with Gasteiger partial charge >= 0.3 is 0 Å². The van der Waals surface area contributed by atoms with Crippen molar-refractivity contribution in [3.05, 3.63) is 83.6 Å². The minimum atomic E-state index is -0.0346. The topological polar surface area (TPSA) is 36.4 Å². The van der Waals surface area contributed by atoms with E-state index < -0.39 is 0 Å². The smallest absolute Gasteiger partial charge is 0.259 e. The minimum Gasteiger partial charge on any atom is -0.329 e. The summed E-state index contributed by atoms with van der Waals surface area (Å²) < 4.78 is 0. The molecule has 2 aromatic carbocycles. The van der Waals surface area contributed by atoms with Crippen molar-refractivity contribution < 1.29 is 4.79 Å². The molecule has 138 valence electrons. The van der Waals surface area contributed by atoms with Crippen LogP contribution in [0.4, 0.5) is 17.2 Å². The molecular formula is C23H25N3O. The number of para-hydroxylation sites is 1. The lowest BCUT2D eigenvalue weighted by atomic mass is 10.1. The Morgan fingerprint density at radius 1 is 1.00 bits per heavy atom. The molecule has 0 saturated carbocycles. The SMILES string of the molecule is CCN(C(=O)c1ccc(N(C)c2ccccc2)nc1)c1cc(C)ccc1C. The van der Waals surface area contributed by atoms with E-state index in [4.69, 9.17) is 0 Å². The predicted molar refractivity (Wildman–Crippen MR) is 112 cm³/mol. The fourth-order valence-corrected chi connectivity index (χ4v) is 3.08. The first-order valence-electron chi connectivity index (χ1n) is 9.15. The third-order valence-electron chi connectivity index (χ3n) is 4.70. The molecule has 0 bridgehead atoms. The average Bonchev–Trinajstić information content (AvgIpc) is 2.71. The summed E-state index contributed by atoms with van der Waals surface area (Å²) in [6.07, 6.45) is 1.66. The van der Waals surface area contributed by atoms with Gasteiger partial charge in [0.15, 0.2) is 0 Å². The van der Waals surface area contributed by atoms with Crippen molar-refractivity contribution in [3.63, 3.8) is 0 Å². The van der Waals surface area contributed by atoms with E-state index in [1.54, 1.807) is 11.1 Å². The normalized spacial score (nSPS) is 10.5. The number of carbonyl (C=O) groups excluding carboxylic acids is 1. The highest BCUT2D eigenvalue weighted by Crippen LogP contribution is 2.25. The lowest BCUT2D eigenvalue weighted by molar-refractivity contribution is 0.0988. The third kappa shape index (κ3) is 4.00. The van der Waals surface area contributed by atoms with Gasteiger partial charge in [0.05, 0.1) is 5.56 Å². The van der Waals surface area contributed by atoms with Crippen molar-refractivity contribution in [2.75, 3.05) is 23.4 Å². The number of anilines is 3. The van der Waals surface area contributed by atoms with Gasteiger partial charge in [-0.05, 0) is 62.2 Å². The summed E-state index contributed by atoms with van der Waals surface area (Å²) in [6, 6.07) is 19.9. The molecule has 0 aliphatic rings. The number of amides is 1. The fraction of sp³-hybridized carbons (Fsp3) is 0.217. The van der Waals surface area contributed by atoms with Gasteiger partial charge in [0.25, 0.3) is 5.91 Å². The summed E-state index contributed by atoms with van der Waals surface area (Å²) in [6.45, 7) is 6.66. The van der Waals surface area contributed by atoms with Gasteiger partial charge in [0.1, 0.15) is 5.82 Å². The Bertz CT molecular complexity index is 920. The van der Waals surface area contributed by atoms with E-state index in [0.29, 0.717) is 12.1 Å². The fourth-order valence-electron chi connectivity index (χ4n) is 3.08. The average molecular weight is 359 g/mol. The van der Waals surface area contributed by atoms with Crippen LogP contribution in [0, 0.1) is 13.8 Å². The van der Waals surface area contributed by atoms with Crippen LogP contribution < -0.4 is 9.80 Å². The number of hydrogen-bond donors (Lipinski definition) is 0. The molecule has 3 rings (SSSR count). The summed E-state index contributed by atoms with van der Waals surface area (Å²) in [4.78, 5) is 21.4. The number of benzene rings is 2. The van der Waals surface area contributed by atoms with E-state index in [2.05, 4.69) is 23.2 Å². The molecule has 0 aliphatic carbocycles. The van der Waals surface area contributed by atoms with Crippen LogP contribution in [0.2, 0.25) is 0 Å². The van der Waals surface area contributed by atoms with Crippen molar-refractivity contribution in [3.8, 4) is 0 Å². The van der Waals surface area contributed by atoms with Gasteiger partial charge in [-0.1, -0.05) is 30.3 Å². The number of hydrogen-bond acceptors (Lipinski definition) is 3.